The molecule has 1 aromatic carbocycles. The number of non-ortho nitro benzene ring substituents is 1. The lowest BCUT2D eigenvalue weighted by atomic mass is 10.2. The Kier molecular flexibility index (Phi) is 4.52. The molecule has 2 N–H and O–H groups in total. The van der Waals surface area contributed by atoms with Crippen molar-refractivity contribution >= 4 is 34.6 Å². The standard InChI is InChI=1S/C13H10N4O3S/c18-12(9-3-2-6-14-8-9)16-13(21)15-10-4-1-5-11(7-10)17(19)20/h1-8H,(H2,15,16,18,21). The Bertz CT molecular complexity index is 691. The minimum Gasteiger partial charge on any atom is -0.332 e. The molecule has 2 aromatic rings. The Labute approximate surface area is 125 Å². The van der Waals surface area contributed by atoms with E-state index in [1.807, 2.05) is 0 Å². The molecule has 0 saturated heterocycles. The van der Waals surface area contributed by atoms with E-state index >= 15 is 0 Å². The van der Waals surface area contributed by atoms with E-state index in [2.05, 4.69) is 15.6 Å². The largest absolute Gasteiger partial charge is 0.332 e. The number of rotatable bonds is 3. The van der Waals surface area contributed by atoms with Gasteiger partial charge < -0.3 is 5.32 Å². The highest BCUT2D eigenvalue weighted by molar-refractivity contribution is 7.80. The first kappa shape index (κ1) is 14.5. The molecule has 2 rings (SSSR count). The van der Waals surface area contributed by atoms with Gasteiger partial charge in [0.15, 0.2) is 5.11 Å². The minimum absolute atomic E-state index is 0.0457. The summed E-state index contributed by atoms with van der Waals surface area (Å²) in [6.45, 7) is 0. The maximum Gasteiger partial charge on any atom is 0.271 e. The zero-order chi connectivity index (χ0) is 15.2. The van der Waals surface area contributed by atoms with Gasteiger partial charge in [0, 0.05) is 30.2 Å². The quantitative estimate of drug-likeness (QED) is 0.512. The van der Waals surface area contributed by atoms with Gasteiger partial charge in [-0.15, -0.1) is 0 Å². The maximum absolute atomic E-state index is 11.8. The van der Waals surface area contributed by atoms with Crippen molar-refractivity contribution in [3.05, 3.63) is 64.5 Å². The van der Waals surface area contributed by atoms with Crippen molar-refractivity contribution in [2.24, 2.45) is 0 Å². The fourth-order valence-corrected chi connectivity index (χ4v) is 1.74. The molecule has 0 radical (unpaired) electrons. The Morgan fingerprint density at radius 2 is 2.10 bits per heavy atom. The van der Waals surface area contributed by atoms with E-state index in [1.54, 1.807) is 24.4 Å². The molecule has 0 aliphatic carbocycles. The number of aromatic nitrogens is 1. The number of hydrogen-bond donors (Lipinski definition) is 2. The van der Waals surface area contributed by atoms with Crippen LogP contribution in [-0.2, 0) is 0 Å². The topological polar surface area (TPSA) is 97.2 Å². The lowest BCUT2D eigenvalue weighted by Gasteiger charge is -2.09. The van der Waals surface area contributed by atoms with Crippen molar-refractivity contribution < 1.29 is 9.72 Å². The molecule has 1 heterocycles. The van der Waals surface area contributed by atoms with Gasteiger partial charge in [-0.3, -0.25) is 25.2 Å². The summed E-state index contributed by atoms with van der Waals surface area (Å²) in [6, 6.07) is 9.04. The molecular formula is C13H10N4O3S. The normalized spacial score (nSPS) is 9.71. The summed E-state index contributed by atoms with van der Waals surface area (Å²) in [4.78, 5) is 25.8. The van der Waals surface area contributed by atoms with Gasteiger partial charge in [-0.25, -0.2) is 0 Å². The highest BCUT2D eigenvalue weighted by Gasteiger charge is 2.09. The third kappa shape index (κ3) is 4.05. The van der Waals surface area contributed by atoms with Gasteiger partial charge in [-0.05, 0) is 30.4 Å². The van der Waals surface area contributed by atoms with E-state index in [-0.39, 0.29) is 10.8 Å². The van der Waals surface area contributed by atoms with Crippen molar-refractivity contribution in [2.75, 3.05) is 5.32 Å². The van der Waals surface area contributed by atoms with Gasteiger partial charge in [0.05, 0.1) is 10.5 Å². The Hall–Kier alpha value is -2.87. The van der Waals surface area contributed by atoms with E-state index in [9.17, 15) is 14.9 Å². The summed E-state index contributed by atoms with van der Waals surface area (Å²) >= 11 is 4.99. The molecule has 0 atom stereocenters. The summed E-state index contributed by atoms with van der Waals surface area (Å²) in [6.07, 6.45) is 2.96. The van der Waals surface area contributed by atoms with Crippen molar-refractivity contribution in [2.45, 2.75) is 0 Å². The summed E-state index contributed by atoms with van der Waals surface area (Å²) in [5.74, 6) is -0.411. The van der Waals surface area contributed by atoms with Gasteiger partial charge in [-0.2, -0.15) is 0 Å². The fraction of sp³-hybridized carbons (Fsp3) is 0. The highest BCUT2D eigenvalue weighted by atomic mass is 32.1. The number of nitro benzene ring substituents is 1. The van der Waals surface area contributed by atoms with Crippen molar-refractivity contribution in [3.63, 3.8) is 0 Å². The molecule has 0 saturated carbocycles. The van der Waals surface area contributed by atoms with Crippen LogP contribution in [0, 0.1) is 10.1 Å². The lowest BCUT2D eigenvalue weighted by molar-refractivity contribution is -0.384. The van der Waals surface area contributed by atoms with E-state index < -0.39 is 10.8 Å². The number of carbonyl (C=O) groups is 1. The van der Waals surface area contributed by atoms with Crippen molar-refractivity contribution in [1.29, 1.82) is 0 Å². The molecule has 7 nitrogen and oxygen atoms in total. The summed E-state index contributed by atoms with van der Waals surface area (Å²) in [5, 5.41) is 15.9. The fourth-order valence-electron chi connectivity index (χ4n) is 1.53. The van der Waals surface area contributed by atoms with Crippen LogP contribution in [0.25, 0.3) is 0 Å². The Morgan fingerprint density at radius 1 is 1.29 bits per heavy atom. The zero-order valence-electron chi connectivity index (χ0n) is 10.6. The molecule has 0 aliphatic rings. The van der Waals surface area contributed by atoms with Gasteiger partial charge >= 0.3 is 0 Å². The predicted molar refractivity (Wildman–Crippen MR) is 81.0 cm³/mol. The van der Waals surface area contributed by atoms with Crippen LogP contribution in [0.5, 0.6) is 0 Å². The first-order valence-electron chi connectivity index (χ1n) is 5.83. The Morgan fingerprint density at radius 3 is 2.76 bits per heavy atom. The number of carbonyl (C=O) groups excluding carboxylic acids is 1. The maximum atomic E-state index is 11.8. The van der Waals surface area contributed by atoms with E-state index in [1.165, 1.54) is 24.4 Å². The van der Waals surface area contributed by atoms with Crippen LogP contribution in [0.4, 0.5) is 11.4 Å². The number of benzene rings is 1. The van der Waals surface area contributed by atoms with Crippen LogP contribution in [0.1, 0.15) is 10.4 Å². The first-order chi connectivity index (χ1) is 10.1. The van der Waals surface area contributed by atoms with Gasteiger partial charge in [0.1, 0.15) is 0 Å². The molecule has 0 bridgehead atoms. The third-order valence-corrected chi connectivity index (χ3v) is 2.67. The number of thiocarbonyl (C=S) groups is 1. The molecule has 0 aliphatic heterocycles. The number of anilines is 1. The molecule has 21 heavy (non-hydrogen) atoms. The average molecular weight is 302 g/mol. The number of amides is 1. The third-order valence-electron chi connectivity index (χ3n) is 2.47. The smallest absolute Gasteiger partial charge is 0.271 e. The molecule has 0 spiro atoms. The monoisotopic (exact) mass is 302 g/mol. The first-order valence-corrected chi connectivity index (χ1v) is 6.24. The summed E-state index contributed by atoms with van der Waals surface area (Å²) < 4.78 is 0. The summed E-state index contributed by atoms with van der Waals surface area (Å²) in [7, 11) is 0. The van der Waals surface area contributed by atoms with E-state index in [4.69, 9.17) is 12.2 Å². The number of hydrogen-bond acceptors (Lipinski definition) is 5. The van der Waals surface area contributed by atoms with Gasteiger partial charge in [-0.1, -0.05) is 6.07 Å². The van der Waals surface area contributed by atoms with Crippen LogP contribution in [-0.4, -0.2) is 20.9 Å². The van der Waals surface area contributed by atoms with E-state index in [0.29, 0.717) is 11.3 Å². The van der Waals surface area contributed by atoms with Crippen LogP contribution in [0.2, 0.25) is 0 Å². The number of nitrogens with one attached hydrogen (secondary N) is 2. The van der Waals surface area contributed by atoms with Crippen LogP contribution in [0.15, 0.2) is 48.8 Å². The van der Waals surface area contributed by atoms with Crippen LogP contribution in [0.3, 0.4) is 0 Å². The van der Waals surface area contributed by atoms with Crippen LogP contribution >= 0.6 is 12.2 Å². The molecule has 1 aromatic heterocycles. The molecular weight excluding hydrogens is 292 g/mol. The average Bonchev–Trinajstić information content (AvgIpc) is 2.48. The molecule has 0 fully saturated rings. The van der Waals surface area contributed by atoms with Crippen LogP contribution < -0.4 is 10.6 Å². The Balaban J connectivity index is 2.00. The SMILES string of the molecule is O=C(NC(=S)Nc1cccc([N+](=O)[O-])c1)c1cccnc1. The molecule has 0 unspecified atom stereocenters. The van der Waals surface area contributed by atoms with Gasteiger partial charge in [0.25, 0.3) is 11.6 Å². The number of pyridine rings is 1. The molecule has 8 heteroatoms. The lowest BCUT2D eigenvalue weighted by Crippen LogP contribution is -2.34. The minimum atomic E-state index is -0.511. The second-order valence-electron chi connectivity index (χ2n) is 3.96. The molecule has 106 valence electrons. The second-order valence-corrected chi connectivity index (χ2v) is 4.37. The highest BCUT2D eigenvalue weighted by Crippen LogP contribution is 2.16. The predicted octanol–water partition coefficient (Wildman–Crippen LogP) is 2.12. The summed E-state index contributed by atoms with van der Waals surface area (Å²) in [5.41, 5.74) is 0.711. The van der Waals surface area contributed by atoms with E-state index in [0.717, 1.165) is 0 Å². The van der Waals surface area contributed by atoms with Crippen molar-refractivity contribution in [1.82, 2.24) is 10.3 Å². The number of nitrogens with zero attached hydrogens (tertiary/aromatic N) is 2. The van der Waals surface area contributed by atoms with Gasteiger partial charge in [0.2, 0.25) is 0 Å². The van der Waals surface area contributed by atoms with Crippen molar-refractivity contribution in [3.8, 4) is 0 Å². The molecule has 1 amide bonds. The zero-order valence-corrected chi connectivity index (χ0v) is 11.5. The number of nitro groups is 1. The second kappa shape index (κ2) is 6.53.